The maximum absolute atomic E-state index is 10.7. The third-order valence-corrected chi connectivity index (χ3v) is 4.61. The zero-order chi connectivity index (χ0) is 14.0. The molecule has 2 rings (SSSR count). The molecule has 19 heavy (non-hydrogen) atoms. The first-order valence-electron chi connectivity index (χ1n) is 7.36. The second-order valence-electron chi connectivity index (χ2n) is 6.14. The van der Waals surface area contributed by atoms with Gasteiger partial charge in [-0.2, -0.15) is 0 Å². The Kier molecular flexibility index (Phi) is 4.51. The summed E-state index contributed by atoms with van der Waals surface area (Å²) in [6.45, 7) is 6.41. The molecule has 0 radical (unpaired) electrons. The van der Waals surface area contributed by atoms with Crippen LogP contribution in [-0.2, 0) is 0 Å². The predicted octanol–water partition coefficient (Wildman–Crippen LogP) is 4.17. The molecule has 0 aliphatic heterocycles. The van der Waals surface area contributed by atoms with Crippen molar-refractivity contribution in [2.24, 2.45) is 11.8 Å². The molecule has 1 aromatic carbocycles. The molecule has 2 heteroatoms. The molecule has 1 N–H and O–H groups in total. The van der Waals surface area contributed by atoms with E-state index in [2.05, 4.69) is 19.9 Å². The topological polar surface area (TPSA) is 29.5 Å². The number of aliphatic hydroxyl groups excluding tert-OH is 1. The minimum atomic E-state index is -0.322. The Hall–Kier alpha value is -1.02. The fourth-order valence-corrected chi connectivity index (χ4v) is 3.21. The van der Waals surface area contributed by atoms with Gasteiger partial charge in [0.25, 0.3) is 0 Å². The summed E-state index contributed by atoms with van der Waals surface area (Å²) in [5.74, 6) is 2.15. The minimum Gasteiger partial charge on any atom is -0.496 e. The van der Waals surface area contributed by atoms with E-state index in [1.165, 1.54) is 12.8 Å². The summed E-state index contributed by atoms with van der Waals surface area (Å²) in [5, 5.41) is 10.7. The van der Waals surface area contributed by atoms with E-state index in [1.807, 2.05) is 13.0 Å². The lowest BCUT2D eigenvalue weighted by molar-refractivity contribution is 0.0750. The third kappa shape index (κ3) is 3.11. The van der Waals surface area contributed by atoms with Gasteiger partial charge in [-0.15, -0.1) is 0 Å². The molecular weight excluding hydrogens is 236 g/mol. The molecular formula is C17H26O2. The third-order valence-electron chi connectivity index (χ3n) is 4.61. The fraction of sp³-hybridized carbons (Fsp3) is 0.647. The Morgan fingerprint density at radius 3 is 2.32 bits per heavy atom. The maximum atomic E-state index is 10.7. The Labute approximate surface area is 116 Å². The highest BCUT2D eigenvalue weighted by atomic mass is 16.5. The summed E-state index contributed by atoms with van der Waals surface area (Å²) in [6.07, 6.45) is 4.46. The normalized spacial score (nSPS) is 25.1. The smallest absolute Gasteiger partial charge is 0.122 e. The average Bonchev–Trinajstić information content (AvgIpc) is 2.41. The number of rotatable bonds is 3. The molecule has 2 nitrogen and oxygen atoms in total. The van der Waals surface area contributed by atoms with Crippen LogP contribution >= 0.6 is 0 Å². The van der Waals surface area contributed by atoms with Crippen LogP contribution in [0.4, 0.5) is 0 Å². The summed E-state index contributed by atoms with van der Waals surface area (Å²) in [5.41, 5.74) is 3.32. The first-order chi connectivity index (χ1) is 9.02. The SMILES string of the molecule is COc1cc(C)c(C(O)C2CCC(C)CC2)cc1C. The van der Waals surface area contributed by atoms with Crippen LogP contribution in [0.1, 0.15) is 55.4 Å². The zero-order valence-electron chi connectivity index (χ0n) is 12.6. The average molecular weight is 262 g/mol. The number of methoxy groups -OCH3 is 1. The first kappa shape index (κ1) is 14.4. The van der Waals surface area contributed by atoms with Gasteiger partial charge in [-0.25, -0.2) is 0 Å². The second-order valence-corrected chi connectivity index (χ2v) is 6.14. The predicted molar refractivity (Wildman–Crippen MR) is 78.5 cm³/mol. The van der Waals surface area contributed by atoms with Crippen molar-refractivity contribution >= 4 is 0 Å². The van der Waals surface area contributed by atoms with Crippen molar-refractivity contribution in [1.29, 1.82) is 0 Å². The molecule has 0 amide bonds. The number of aryl methyl sites for hydroxylation is 2. The molecule has 0 spiro atoms. The van der Waals surface area contributed by atoms with E-state index < -0.39 is 0 Å². The molecule has 1 atom stereocenters. The molecule has 1 aliphatic rings. The van der Waals surface area contributed by atoms with Gasteiger partial charge in [0.05, 0.1) is 13.2 Å². The largest absolute Gasteiger partial charge is 0.496 e. The van der Waals surface area contributed by atoms with Gasteiger partial charge in [0, 0.05) is 0 Å². The molecule has 0 heterocycles. The standard InChI is InChI=1S/C17H26O2/c1-11-5-7-14(8-6-11)17(18)15-9-13(3)16(19-4)10-12(15)2/h9-11,14,17-18H,5-8H2,1-4H3. The molecule has 1 unspecified atom stereocenters. The number of hydrogen-bond acceptors (Lipinski definition) is 2. The van der Waals surface area contributed by atoms with Gasteiger partial charge >= 0.3 is 0 Å². The van der Waals surface area contributed by atoms with Crippen molar-refractivity contribution in [2.45, 2.75) is 52.6 Å². The highest BCUT2D eigenvalue weighted by molar-refractivity contribution is 5.42. The van der Waals surface area contributed by atoms with E-state index in [1.54, 1.807) is 7.11 Å². The van der Waals surface area contributed by atoms with Crippen LogP contribution in [0.5, 0.6) is 5.75 Å². The lowest BCUT2D eigenvalue weighted by Gasteiger charge is -2.31. The molecule has 0 bridgehead atoms. The molecule has 0 saturated heterocycles. The van der Waals surface area contributed by atoms with Gasteiger partial charge in [0.2, 0.25) is 0 Å². The van der Waals surface area contributed by atoms with Gasteiger partial charge in [0.15, 0.2) is 0 Å². The van der Waals surface area contributed by atoms with E-state index >= 15 is 0 Å². The fourth-order valence-electron chi connectivity index (χ4n) is 3.21. The van der Waals surface area contributed by atoms with Gasteiger partial charge in [-0.3, -0.25) is 0 Å². The Morgan fingerprint density at radius 1 is 1.11 bits per heavy atom. The second kappa shape index (κ2) is 5.96. The molecule has 1 aromatic rings. The lowest BCUT2D eigenvalue weighted by Crippen LogP contribution is -2.20. The van der Waals surface area contributed by atoms with Crippen LogP contribution in [0.25, 0.3) is 0 Å². The monoisotopic (exact) mass is 262 g/mol. The van der Waals surface area contributed by atoms with Crippen LogP contribution < -0.4 is 4.74 Å². The van der Waals surface area contributed by atoms with E-state index in [4.69, 9.17) is 4.74 Å². The Morgan fingerprint density at radius 2 is 1.74 bits per heavy atom. The number of aliphatic hydroxyl groups is 1. The summed E-state index contributed by atoms with van der Waals surface area (Å²) in [6, 6.07) is 4.14. The van der Waals surface area contributed by atoms with Crippen LogP contribution in [0.3, 0.4) is 0 Å². The highest BCUT2D eigenvalue weighted by Crippen LogP contribution is 2.38. The maximum Gasteiger partial charge on any atom is 0.122 e. The zero-order valence-corrected chi connectivity index (χ0v) is 12.6. The van der Waals surface area contributed by atoms with Crippen molar-refractivity contribution in [3.05, 3.63) is 28.8 Å². The van der Waals surface area contributed by atoms with Crippen molar-refractivity contribution < 1.29 is 9.84 Å². The number of ether oxygens (including phenoxy) is 1. The van der Waals surface area contributed by atoms with E-state index in [0.717, 1.165) is 41.2 Å². The van der Waals surface area contributed by atoms with Crippen LogP contribution in [0.15, 0.2) is 12.1 Å². The van der Waals surface area contributed by atoms with Gasteiger partial charge < -0.3 is 9.84 Å². The van der Waals surface area contributed by atoms with Crippen LogP contribution in [0.2, 0.25) is 0 Å². The molecule has 1 fully saturated rings. The van der Waals surface area contributed by atoms with Crippen molar-refractivity contribution in [3.63, 3.8) is 0 Å². The van der Waals surface area contributed by atoms with Crippen molar-refractivity contribution in [1.82, 2.24) is 0 Å². The van der Waals surface area contributed by atoms with E-state index in [-0.39, 0.29) is 6.10 Å². The Balaban J connectivity index is 2.19. The Bertz CT molecular complexity index is 431. The quantitative estimate of drug-likeness (QED) is 0.885. The van der Waals surface area contributed by atoms with Gasteiger partial charge in [-0.1, -0.05) is 19.8 Å². The van der Waals surface area contributed by atoms with Crippen molar-refractivity contribution in [3.8, 4) is 5.75 Å². The highest BCUT2D eigenvalue weighted by Gasteiger charge is 2.27. The minimum absolute atomic E-state index is 0.322. The van der Waals surface area contributed by atoms with E-state index in [0.29, 0.717) is 5.92 Å². The van der Waals surface area contributed by atoms with Gasteiger partial charge in [0.1, 0.15) is 5.75 Å². The first-order valence-corrected chi connectivity index (χ1v) is 7.36. The molecule has 106 valence electrons. The van der Waals surface area contributed by atoms with E-state index in [9.17, 15) is 5.11 Å². The van der Waals surface area contributed by atoms with Crippen molar-refractivity contribution in [2.75, 3.05) is 7.11 Å². The summed E-state index contributed by atoms with van der Waals surface area (Å²) in [7, 11) is 1.69. The lowest BCUT2D eigenvalue weighted by atomic mass is 9.78. The summed E-state index contributed by atoms with van der Waals surface area (Å²) < 4.78 is 5.34. The summed E-state index contributed by atoms with van der Waals surface area (Å²) in [4.78, 5) is 0. The van der Waals surface area contributed by atoms with Crippen LogP contribution in [0, 0.1) is 25.7 Å². The molecule has 1 aliphatic carbocycles. The summed E-state index contributed by atoms with van der Waals surface area (Å²) >= 11 is 0. The van der Waals surface area contributed by atoms with Crippen LogP contribution in [-0.4, -0.2) is 12.2 Å². The molecule has 1 saturated carbocycles. The molecule has 0 aromatic heterocycles. The number of hydrogen-bond donors (Lipinski definition) is 1. The van der Waals surface area contributed by atoms with Gasteiger partial charge in [-0.05, 0) is 67.3 Å². The number of benzene rings is 1.